The zero-order valence-corrected chi connectivity index (χ0v) is 17.1. The molecule has 0 aromatic carbocycles. The van der Waals surface area contributed by atoms with Gasteiger partial charge in [0.15, 0.2) is 17.2 Å². The molecule has 1 fully saturated rings. The third-order valence-electron chi connectivity index (χ3n) is 5.94. The summed E-state index contributed by atoms with van der Waals surface area (Å²) in [4.78, 5) is 33.6. The van der Waals surface area contributed by atoms with E-state index in [1.807, 2.05) is 21.9 Å². The van der Waals surface area contributed by atoms with Crippen molar-refractivity contribution in [1.82, 2.24) is 24.1 Å². The van der Waals surface area contributed by atoms with Crippen LogP contribution in [-0.2, 0) is 7.05 Å². The molecule has 3 aromatic heterocycles. The minimum atomic E-state index is -0.188. The van der Waals surface area contributed by atoms with E-state index in [2.05, 4.69) is 17.0 Å². The van der Waals surface area contributed by atoms with Crippen LogP contribution in [0.25, 0.3) is 5.65 Å². The number of pyridine rings is 2. The fraction of sp³-hybridized carbons (Fsp3) is 0.429. The van der Waals surface area contributed by atoms with Crippen LogP contribution in [0.5, 0.6) is 5.75 Å². The van der Waals surface area contributed by atoms with Crippen molar-refractivity contribution in [2.75, 3.05) is 24.6 Å². The highest BCUT2D eigenvalue weighted by atomic mass is 16.5. The van der Waals surface area contributed by atoms with Gasteiger partial charge in [-0.3, -0.25) is 9.20 Å². The van der Waals surface area contributed by atoms with Gasteiger partial charge in [-0.15, -0.1) is 0 Å². The average molecular weight is 408 g/mol. The maximum absolute atomic E-state index is 13.0. The van der Waals surface area contributed by atoms with Crippen molar-refractivity contribution < 1.29 is 9.53 Å². The molecule has 1 atom stereocenters. The number of aromatic nitrogens is 4. The van der Waals surface area contributed by atoms with E-state index in [0.717, 1.165) is 31.5 Å². The van der Waals surface area contributed by atoms with E-state index in [1.54, 1.807) is 25.5 Å². The minimum Gasteiger partial charge on any atom is -0.488 e. The van der Waals surface area contributed by atoms with Gasteiger partial charge in [0.25, 0.3) is 5.91 Å². The molecule has 0 saturated carbocycles. The van der Waals surface area contributed by atoms with Gasteiger partial charge in [-0.25, -0.2) is 14.5 Å². The van der Waals surface area contributed by atoms with Gasteiger partial charge < -0.3 is 14.5 Å². The second-order valence-electron chi connectivity index (χ2n) is 7.91. The van der Waals surface area contributed by atoms with Gasteiger partial charge in [-0.1, -0.05) is 0 Å². The fourth-order valence-electron chi connectivity index (χ4n) is 4.27. The molecule has 1 saturated heterocycles. The van der Waals surface area contributed by atoms with E-state index in [4.69, 9.17) is 4.74 Å². The van der Waals surface area contributed by atoms with E-state index < -0.39 is 0 Å². The second-order valence-corrected chi connectivity index (χ2v) is 7.91. The molecule has 0 aliphatic carbocycles. The number of fused-ring (bicyclic) bond motifs is 2. The Hall–Kier alpha value is -3.36. The van der Waals surface area contributed by atoms with Crippen LogP contribution in [-0.4, -0.2) is 55.7 Å². The molecule has 9 heteroatoms. The first-order chi connectivity index (χ1) is 14.5. The van der Waals surface area contributed by atoms with Gasteiger partial charge in [0, 0.05) is 43.8 Å². The van der Waals surface area contributed by atoms with Crippen molar-refractivity contribution in [3.8, 4) is 5.75 Å². The first kappa shape index (κ1) is 18.7. The van der Waals surface area contributed by atoms with Gasteiger partial charge in [0.05, 0.1) is 12.1 Å². The Kier molecular flexibility index (Phi) is 4.45. The van der Waals surface area contributed by atoms with Crippen molar-refractivity contribution in [1.29, 1.82) is 0 Å². The summed E-state index contributed by atoms with van der Waals surface area (Å²) in [6.45, 7) is 3.98. The van der Waals surface area contributed by atoms with Gasteiger partial charge in [0.1, 0.15) is 6.61 Å². The molecule has 2 aliphatic heterocycles. The molecule has 1 amide bonds. The van der Waals surface area contributed by atoms with E-state index in [-0.39, 0.29) is 17.6 Å². The van der Waals surface area contributed by atoms with Crippen LogP contribution in [0.1, 0.15) is 36.5 Å². The predicted octanol–water partition coefficient (Wildman–Crippen LogP) is 1.97. The summed E-state index contributed by atoms with van der Waals surface area (Å²) in [7, 11) is 1.63. The van der Waals surface area contributed by atoms with Gasteiger partial charge >= 0.3 is 5.69 Å². The maximum atomic E-state index is 13.0. The second kappa shape index (κ2) is 7.16. The highest BCUT2D eigenvalue weighted by Gasteiger charge is 2.27. The van der Waals surface area contributed by atoms with E-state index in [9.17, 15) is 9.59 Å². The Bertz CT molecular complexity index is 1180. The number of nitrogens with zero attached hydrogens (tertiary/aromatic N) is 6. The van der Waals surface area contributed by atoms with Crippen LogP contribution in [0.3, 0.4) is 0 Å². The first-order valence-corrected chi connectivity index (χ1v) is 10.3. The zero-order valence-electron chi connectivity index (χ0n) is 17.1. The Labute approximate surface area is 173 Å². The average Bonchev–Trinajstić information content (AvgIpc) is 3.05. The van der Waals surface area contributed by atoms with Crippen molar-refractivity contribution >= 4 is 23.1 Å². The summed E-state index contributed by atoms with van der Waals surface area (Å²) in [6.07, 6.45) is 6.59. The molecule has 2 aliphatic rings. The number of rotatable bonds is 2. The van der Waals surface area contributed by atoms with Crippen molar-refractivity contribution in [2.24, 2.45) is 7.05 Å². The quantitative estimate of drug-likeness (QED) is 0.645. The number of carbonyl (C=O) groups excluding carboxylic acids is 1. The standard InChI is InChI=1S/C21H24N6O3/c1-14-5-3-4-7-25(14)20(28)15-11-17-19(22-13-15)26(9-10-30-17)16-6-8-27-18(12-16)23-24(2)21(27)29/h6,8,11-14H,3-5,7,9-10H2,1-2H3/t14-/m1/s1. The topological polar surface area (TPSA) is 85.0 Å². The third kappa shape index (κ3) is 3.01. The number of hydrogen-bond donors (Lipinski definition) is 0. The molecule has 5 rings (SSSR count). The molecule has 3 aromatic rings. The highest BCUT2D eigenvalue weighted by molar-refractivity contribution is 5.95. The highest BCUT2D eigenvalue weighted by Crippen LogP contribution is 2.35. The molecule has 5 heterocycles. The van der Waals surface area contributed by atoms with Gasteiger partial charge in [-0.2, -0.15) is 5.10 Å². The number of anilines is 2. The molecule has 0 bridgehead atoms. The van der Waals surface area contributed by atoms with Crippen LogP contribution in [0.2, 0.25) is 0 Å². The van der Waals surface area contributed by atoms with E-state index in [1.165, 1.54) is 9.08 Å². The summed E-state index contributed by atoms with van der Waals surface area (Å²) in [6, 6.07) is 5.75. The smallest absolute Gasteiger partial charge is 0.350 e. The summed E-state index contributed by atoms with van der Waals surface area (Å²) in [5.74, 6) is 1.26. The number of ether oxygens (including phenoxy) is 1. The normalized spacial score (nSPS) is 18.9. The van der Waals surface area contributed by atoms with Crippen molar-refractivity contribution in [3.63, 3.8) is 0 Å². The molecule has 156 valence electrons. The van der Waals surface area contributed by atoms with E-state index in [0.29, 0.717) is 35.9 Å². The molecular formula is C21H24N6O3. The Balaban J connectivity index is 1.48. The molecule has 0 unspecified atom stereocenters. The lowest BCUT2D eigenvalue weighted by Gasteiger charge is -2.34. The molecular weight excluding hydrogens is 384 g/mol. The molecule has 0 N–H and O–H groups in total. The lowest BCUT2D eigenvalue weighted by atomic mass is 10.0. The largest absolute Gasteiger partial charge is 0.488 e. The molecule has 0 spiro atoms. The van der Waals surface area contributed by atoms with Crippen LogP contribution in [0.4, 0.5) is 11.5 Å². The number of likely N-dealkylation sites (tertiary alicyclic amines) is 1. The number of piperidine rings is 1. The van der Waals surface area contributed by atoms with Crippen LogP contribution in [0.15, 0.2) is 35.4 Å². The van der Waals surface area contributed by atoms with Gasteiger partial charge in [0.2, 0.25) is 0 Å². The number of carbonyl (C=O) groups is 1. The maximum Gasteiger partial charge on any atom is 0.350 e. The number of amides is 1. The summed E-state index contributed by atoms with van der Waals surface area (Å²) >= 11 is 0. The molecule has 0 radical (unpaired) electrons. The van der Waals surface area contributed by atoms with Gasteiger partial charge in [-0.05, 0) is 38.3 Å². The monoisotopic (exact) mass is 408 g/mol. The van der Waals surface area contributed by atoms with E-state index >= 15 is 0 Å². The third-order valence-corrected chi connectivity index (χ3v) is 5.94. The Morgan fingerprint density at radius 1 is 1.23 bits per heavy atom. The molecule has 9 nitrogen and oxygen atoms in total. The summed E-state index contributed by atoms with van der Waals surface area (Å²) < 4.78 is 8.65. The minimum absolute atomic E-state index is 0.00695. The lowest BCUT2D eigenvalue weighted by Crippen LogP contribution is -2.42. The van der Waals surface area contributed by atoms with Crippen molar-refractivity contribution in [3.05, 3.63) is 46.6 Å². The summed E-state index contributed by atoms with van der Waals surface area (Å²) in [5.41, 5.74) is 1.80. The predicted molar refractivity (Wildman–Crippen MR) is 112 cm³/mol. The lowest BCUT2D eigenvalue weighted by molar-refractivity contribution is 0.0634. The SMILES string of the molecule is C[C@@H]1CCCCN1C(=O)c1cnc2c(c1)OCCN2c1ccn2c(=O)n(C)nc2c1. The van der Waals surface area contributed by atoms with Crippen LogP contribution < -0.4 is 15.3 Å². The fourth-order valence-corrected chi connectivity index (χ4v) is 4.27. The van der Waals surface area contributed by atoms with Crippen LogP contribution >= 0.6 is 0 Å². The summed E-state index contributed by atoms with van der Waals surface area (Å²) in [5, 5.41) is 4.26. The Morgan fingerprint density at radius 2 is 2.10 bits per heavy atom. The van der Waals surface area contributed by atoms with Crippen LogP contribution in [0, 0.1) is 0 Å². The number of aryl methyl sites for hydroxylation is 1. The van der Waals surface area contributed by atoms with Crippen molar-refractivity contribution in [2.45, 2.75) is 32.2 Å². The molecule has 30 heavy (non-hydrogen) atoms. The number of hydrogen-bond acceptors (Lipinski definition) is 6. The Morgan fingerprint density at radius 3 is 2.93 bits per heavy atom. The first-order valence-electron chi connectivity index (χ1n) is 10.3. The zero-order chi connectivity index (χ0) is 20.8.